The van der Waals surface area contributed by atoms with Crippen molar-refractivity contribution < 1.29 is 4.79 Å². The molecule has 70 valence electrons. The highest BCUT2D eigenvalue weighted by Crippen LogP contribution is 2.27. The molecule has 0 heterocycles. The summed E-state index contributed by atoms with van der Waals surface area (Å²) in [5, 5.41) is 2.79. The minimum absolute atomic E-state index is 0.169. The van der Waals surface area contributed by atoms with Gasteiger partial charge in [0.05, 0.1) is 0 Å². The Morgan fingerprint density at radius 3 is 2.67 bits per heavy atom. The van der Waals surface area contributed by atoms with Crippen molar-refractivity contribution in [2.75, 3.05) is 12.4 Å². The normalized spacial score (nSPS) is 18.1. The van der Waals surface area contributed by atoms with Gasteiger partial charge in [0.2, 0.25) is 5.91 Å². The topological polar surface area (TPSA) is 29.1 Å². The number of hydrogen-bond acceptors (Lipinski definition) is 1. The lowest BCUT2D eigenvalue weighted by molar-refractivity contribution is -0.121. The summed E-state index contributed by atoms with van der Waals surface area (Å²) >= 11 is 5.45. The van der Waals surface area contributed by atoms with Gasteiger partial charge in [-0.25, -0.2) is 0 Å². The number of amides is 1. The van der Waals surface area contributed by atoms with Crippen molar-refractivity contribution in [1.82, 2.24) is 5.32 Å². The van der Waals surface area contributed by atoms with Gasteiger partial charge in [0, 0.05) is 18.8 Å². The Hall–Kier alpha value is -0.240. The second-order valence-electron chi connectivity index (χ2n) is 3.39. The molecule has 0 atom stereocenters. The van der Waals surface area contributed by atoms with E-state index in [4.69, 9.17) is 11.6 Å². The number of carbonyl (C=O) groups excluding carboxylic acids is 1. The van der Waals surface area contributed by atoms with E-state index in [1.807, 2.05) is 0 Å². The van der Waals surface area contributed by atoms with Crippen LogP contribution in [0, 0.1) is 5.92 Å². The molecule has 3 heteroatoms. The highest BCUT2D eigenvalue weighted by atomic mass is 35.5. The van der Waals surface area contributed by atoms with E-state index < -0.39 is 0 Å². The molecule has 0 unspecified atom stereocenters. The number of carbonyl (C=O) groups is 1. The van der Waals surface area contributed by atoms with Crippen LogP contribution in [0.3, 0.4) is 0 Å². The summed E-state index contributed by atoms with van der Waals surface area (Å²) in [6, 6.07) is 0. The molecule has 0 radical (unpaired) electrons. The molecule has 12 heavy (non-hydrogen) atoms. The van der Waals surface area contributed by atoms with Gasteiger partial charge in [-0.05, 0) is 18.8 Å². The van der Waals surface area contributed by atoms with Crippen LogP contribution in [0.1, 0.15) is 32.1 Å². The van der Waals surface area contributed by atoms with Crippen LogP contribution in [0.4, 0.5) is 0 Å². The van der Waals surface area contributed by atoms with Crippen molar-refractivity contribution in [2.24, 2.45) is 5.92 Å². The SMILES string of the molecule is O=C(CC1CCCC1)NCCCl. The minimum Gasteiger partial charge on any atom is -0.355 e. The molecule has 0 bridgehead atoms. The van der Waals surface area contributed by atoms with Crippen molar-refractivity contribution in [3.05, 3.63) is 0 Å². The third-order valence-electron chi connectivity index (χ3n) is 2.37. The van der Waals surface area contributed by atoms with E-state index in [9.17, 15) is 4.79 Å². The van der Waals surface area contributed by atoms with Crippen LogP contribution in [0.2, 0.25) is 0 Å². The number of hydrogen-bond donors (Lipinski definition) is 1. The lowest BCUT2D eigenvalue weighted by atomic mass is 10.0. The van der Waals surface area contributed by atoms with E-state index in [1.54, 1.807) is 0 Å². The first kappa shape index (κ1) is 9.85. The molecule has 0 aliphatic heterocycles. The van der Waals surface area contributed by atoms with Crippen LogP contribution >= 0.6 is 11.6 Å². The lowest BCUT2D eigenvalue weighted by Gasteiger charge is -2.07. The van der Waals surface area contributed by atoms with E-state index in [-0.39, 0.29) is 5.91 Å². The molecule has 1 saturated carbocycles. The Bertz CT molecular complexity index is 143. The van der Waals surface area contributed by atoms with Crippen LogP contribution in [0.25, 0.3) is 0 Å². The molecule has 1 N–H and O–H groups in total. The summed E-state index contributed by atoms with van der Waals surface area (Å²) in [5.41, 5.74) is 0. The average Bonchev–Trinajstić information content (AvgIpc) is 2.53. The first-order valence-corrected chi connectivity index (χ1v) is 5.19. The van der Waals surface area contributed by atoms with Gasteiger partial charge in [0.15, 0.2) is 0 Å². The zero-order chi connectivity index (χ0) is 8.81. The predicted molar refractivity (Wildman–Crippen MR) is 50.3 cm³/mol. The minimum atomic E-state index is 0.169. The van der Waals surface area contributed by atoms with Crippen molar-refractivity contribution in [3.63, 3.8) is 0 Å². The number of rotatable bonds is 4. The Morgan fingerprint density at radius 1 is 1.42 bits per heavy atom. The first-order chi connectivity index (χ1) is 5.83. The fourth-order valence-electron chi connectivity index (χ4n) is 1.74. The molecule has 1 rings (SSSR count). The number of halogens is 1. The fraction of sp³-hybridized carbons (Fsp3) is 0.889. The molecule has 1 fully saturated rings. The molecule has 0 aromatic rings. The van der Waals surface area contributed by atoms with Crippen LogP contribution in [0.5, 0.6) is 0 Å². The van der Waals surface area contributed by atoms with E-state index >= 15 is 0 Å². The summed E-state index contributed by atoms with van der Waals surface area (Å²) < 4.78 is 0. The Morgan fingerprint density at radius 2 is 2.08 bits per heavy atom. The highest BCUT2D eigenvalue weighted by molar-refractivity contribution is 6.18. The van der Waals surface area contributed by atoms with Crippen molar-refractivity contribution in [2.45, 2.75) is 32.1 Å². The fourth-order valence-corrected chi connectivity index (χ4v) is 1.83. The van der Waals surface area contributed by atoms with E-state index in [0.29, 0.717) is 24.8 Å². The Labute approximate surface area is 78.7 Å². The highest BCUT2D eigenvalue weighted by Gasteiger charge is 2.17. The molecule has 1 aliphatic carbocycles. The summed E-state index contributed by atoms with van der Waals surface area (Å²) in [6.07, 6.45) is 5.76. The summed E-state index contributed by atoms with van der Waals surface area (Å²) in [7, 11) is 0. The predicted octanol–water partition coefficient (Wildman–Crippen LogP) is 1.92. The first-order valence-electron chi connectivity index (χ1n) is 4.65. The van der Waals surface area contributed by atoms with Crippen LogP contribution in [0.15, 0.2) is 0 Å². The maximum atomic E-state index is 11.2. The lowest BCUT2D eigenvalue weighted by Crippen LogP contribution is -2.26. The van der Waals surface area contributed by atoms with Gasteiger partial charge in [-0.3, -0.25) is 4.79 Å². The monoisotopic (exact) mass is 189 g/mol. The molecule has 1 aliphatic rings. The Kier molecular flexibility index (Phi) is 4.44. The summed E-state index contributed by atoms with van der Waals surface area (Å²) in [6.45, 7) is 0.604. The molecule has 0 aromatic heterocycles. The smallest absolute Gasteiger partial charge is 0.220 e. The van der Waals surface area contributed by atoms with Gasteiger partial charge in [0.1, 0.15) is 0 Å². The third kappa shape index (κ3) is 3.44. The molecule has 2 nitrogen and oxygen atoms in total. The molecular weight excluding hydrogens is 174 g/mol. The van der Waals surface area contributed by atoms with Crippen LogP contribution in [-0.2, 0) is 4.79 Å². The van der Waals surface area contributed by atoms with E-state index in [0.717, 1.165) is 0 Å². The van der Waals surface area contributed by atoms with Crippen LogP contribution in [-0.4, -0.2) is 18.3 Å². The van der Waals surface area contributed by atoms with Crippen LogP contribution < -0.4 is 5.32 Å². The molecule has 0 saturated heterocycles. The van der Waals surface area contributed by atoms with Crippen molar-refractivity contribution >= 4 is 17.5 Å². The molecule has 0 aromatic carbocycles. The number of nitrogens with one attached hydrogen (secondary N) is 1. The van der Waals surface area contributed by atoms with E-state index in [2.05, 4.69) is 5.32 Å². The molecule has 1 amide bonds. The maximum Gasteiger partial charge on any atom is 0.220 e. The summed E-state index contributed by atoms with van der Waals surface area (Å²) in [5.74, 6) is 1.32. The van der Waals surface area contributed by atoms with E-state index in [1.165, 1.54) is 25.7 Å². The van der Waals surface area contributed by atoms with Gasteiger partial charge < -0.3 is 5.32 Å². The van der Waals surface area contributed by atoms with Gasteiger partial charge in [-0.15, -0.1) is 11.6 Å². The van der Waals surface area contributed by atoms with Crippen molar-refractivity contribution in [3.8, 4) is 0 Å². The third-order valence-corrected chi connectivity index (χ3v) is 2.55. The van der Waals surface area contributed by atoms with Gasteiger partial charge in [-0.1, -0.05) is 12.8 Å². The zero-order valence-corrected chi connectivity index (χ0v) is 8.07. The quantitative estimate of drug-likeness (QED) is 0.673. The largest absolute Gasteiger partial charge is 0.355 e. The average molecular weight is 190 g/mol. The van der Waals surface area contributed by atoms with Gasteiger partial charge in [-0.2, -0.15) is 0 Å². The van der Waals surface area contributed by atoms with Crippen molar-refractivity contribution in [1.29, 1.82) is 0 Å². The number of alkyl halides is 1. The standard InChI is InChI=1S/C9H16ClNO/c10-5-6-11-9(12)7-8-3-1-2-4-8/h8H,1-7H2,(H,11,12). The molecular formula is C9H16ClNO. The van der Waals surface area contributed by atoms with Gasteiger partial charge >= 0.3 is 0 Å². The van der Waals surface area contributed by atoms with Gasteiger partial charge in [0.25, 0.3) is 0 Å². The second-order valence-corrected chi connectivity index (χ2v) is 3.77. The zero-order valence-electron chi connectivity index (χ0n) is 7.31. The summed E-state index contributed by atoms with van der Waals surface area (Å²) in [4.78, 5) is 11.2. The second kappa shape index (κ2) is 5.41. The maximum absolute atomic E-state index is 11.2. The Balaban J connectivity index is 2.08. The molecule has 0 spiro atoms.